The normalized spacial score (nSPS) is 23.4. The first kappa shape index (κ1) is 20.6. The smallest absolute Gasteiger partial charge is 0.253 e. The first-order chi connectivity index (χ1) is 13.8. The van der Waals surface area contributed by atoms with Crippen molar-refractivity contribution in [1.29, 1.82) is 0 Å². The molecule has 0 radical (unpaired) electrons. The first-order valence-corrected chi connectivity index (χ1v) is 10.4. The molecular formula is C21H25ClF2N2O3. The van der Waals surface area contributed by atoms with Crippen LogP contribution >= 0.6 is 11.6 Å². The maximum absolute atomic E-state index is 13.4. The van der Waals surface area contributed by atoms with E-state index in [9.17, 15) is 18.7 Å². The Labute approximate surface area is 173 Å². The maximum Gasteiger partial charge on any atom is 0.253 e. The van der Waals surface area contributed by atoms with E-state index >= 15 is 0 Å². The van der Waals surface area contributed by atoms with Crippen molar-refractivity contribution in [2.24, 2.45) is 0 Å². The summed E-state index contributed by atoms with van der Waals surface area (Å²) in [6.45, 7) is 1.31. The Kier molecular flexibility index (Phi) is 5.57. The highest BCUT2D eigenvalue weighted by Gasteiger charge is 2.42. The number of halogens is 3. The molecule has 2 fully saturated rings. The van der Waals surface area contributed by atoms with Crippen molar-refractivity contribution in [2.75, 3.05) is 13.2 Å². The second-order valence-electron chi connectivity index (χ2n) is 8.23. The Bertz CT molecular complexity index is 899. The summed E-state index contributed by atoms with van der Waals surface area (Å²) in [6, 6.07) is 5.47. The third kappa shape index (κ3) is 4.42. The van der Waals surface area contributed by atoms with Gasteiger partial charge in [0.2, 0.25) is 5.92 Å². The molecule has 0 unspecified atom stereocenters. The lowest BCUT2D eigenvalue weighted by Crippen LogP contribution is -2.47. The summed E-state index contributed by atoms with van der Waals surface area (Å²) in [6.07, 6.45) is 3.04. The summed E-state index contributed by atoms with van der Waals surface area (Å²) in [5, 5.41) is 14.4. The first-order valence-electron chi connectivity index (χ1n) is 10.0. The van der Waals surface area contributed by atoms with Gasteiger partial charge in [-0.3, -0.25) is 4.79 Å². The van der Waals surface area contributed by atoms with E-state index in [1.807, 2.05) is 16.7 Å². The number of amides is 1. The molecule has 1 aromatic carbocycles. The highest BCUT2D eigenvalue weighted by molar-refractivity contribution is 6.36. The molecule has 0 spiro atoms. The molecule has 1 aliphatic carbocycles. The molecule has 1 atom stereocenters. The second-order valence-corrected chi connectivity index (χ2v) is 8.63. The maximum atomic E-state index is 13.4. The third-order valence-electron chi connectivity index (χ3n) is 6.01. The molecule has 2 aliphatic rings. The number of carbonyl (C=O) groups excluding carboxylic acids is 1. The molecule has 0 bridgehead atoms. The molecule has 1 saturated heterocycles. The summed E-state index contributed by atoms with van der Waals surface area (Å²) in [4.78, 5) is 12.9. The van der Waals surface area contributed by atoms with Crippen LogP contribution in [0.5, 0.6) is 0 Å². The predicted molar refractivity (Wildman–Crippen MR) is 107 cm³/mol. The van der Waals surface area contributed by atoms with Gasteiger partial charge in [0.15, 0.2) is 0 Å². The Hall–Kier alpha value is -1.70. The van der Waals surface area contributed by atoms with Crippen LogP contribution in [0.3, 0.4) is 0 Å². The van der Waals surface area contributed by atoms with Crippen LogP contribution in [-0.4, -0.2) is 46.4 Å². The van der Waals surface area contributed by atoms with Crippen molar-refractivity contribution in [3.8, 4) is 0 Å². The van der Waals surface area contributed by atoms with Gasteiger partial charge in [-0.2, -0.15) is 0 Å². The summed E-state index contributed by atoms with van der Waals surface area (Å²) >= 11 is 6.39. The molecule has 8 heteroatoms. The number of aromatic nitrogens is 1. The molecule has 2 heterocycles. The van der Waals surface area contributed by atoms with Crippen molar-refractivity contribution in [2.45, 2.75) is 62.7 Å². The molecule has 2 aromatic rings. The monoisotopic (exact) mass is 426 g/mol. The molecule has 2 N–H and O–H groups in total. The number of aliphatic hydroxyl groups is 1. The standard InChI is InChI=1S/C21H25ClF2N2O3/c22-16-4-1-5-17-18(16)15(12-26(17)11-14-3-2-10-29-14)19(27)25-13-20(28)6-8-21(23,24)9-7-20/h1,4-5,12,14,28H,2-3,6-11,13H2,(H,25,27)/t14-/m0/s1. The minimum Gasteiger partial charge on any atom is -0.388 e. The second kappa shape index (κ2) is 7.85. The van der Waals surface area contributed by atoms with Crippen molar-refractivity contribution in [3.05, 3.63) is 35.0 Å². The molecular weight excluding hydrogens is 402 g/mol. The number of alkyl halides is 2. The Balaban J connectivity index is 1.52. The van der Waals surface area contributed by atoms with E-state index in [0.717, 1.165) is 25.0 Å². The number of nitrogens with zero attached hydrogens (tertiary/aromatic N) is 1. The lowest BCUT2D eigenvalue weighted by molar-refractivity contribution is -0.101. The molecule has 1 aliphatic heterocycles. The Morgan fingerprint density at radius 2 is 2.07 bits per heavy atom. The molecule has 4 rings (SSSR count). The Morgan fingerprint density at radius 1 is 1.31 bits per heavy atom. The van der Waals surface area contributed by atoms with E-state index in [4.69, 9.17) is 16.3 Å². The van der Waals surface area contributed by atoms with E-state index < -0.39 is 11.5 Å². The van der Waals surface area contributed by atoms with Crippen LogP contribution in [0.1, 0.15) is 48.9 Å². The van der Waals surface area contributed by atoms with Crippen molar-refractivity contribution in [3.63, 3.8) is 0 Å². The number of ether oxygens (including phenoxy) is 1. The highest BCUT2D eigenvalue weighted by atomic mass is 35.5. The van der Waals surface area contributed by atoms with Gasteiger partial charge in [-0.1, -0.05) is 17.7 Å². The van der Waals surface area contributed by atoms with Gasteiger partial charge in [-0.25, -0.2) is 8.78 Å². The summed E-state index contributed by atoms with van der Waals surface area (Å²) in [5.41, 5.74) is -0.0560. The average molecular weight is 427 g/mol. The van der Waals surface area contributed by atoms with E-state index in [1.165, 1.54) is 0 Å². The zero-order valence-electron chi connectivity index (χ0n) is 16.1. The Morgan fingerprint density at radius 3 is 2.76 bits per heavy atom. The zero-order chi connectivity index (χ0) is 20.6. The van der Waals surface area contributed by atoms with E-state index in [-0.39, 0.29) is 44.2 Å². The van der Waals surface area contributed by atoms with Gasteiger partial charge in [0.25, 0.3) is 5.91 Å². The SMILES string of the molecule is O=C(NCC1(O)CCC(F)(F)CC1)c1cn(C[C@@H]2CCCO2)c2cccc(Cl)c12. The van der Waals surface area contributed by atoms with Gasteiger partial charge < -0.3 is 19.7 Å². The number of nitrogens with one attached hydrogen (secondary N) is 1. The number of benzene rings is 1. The highest BCUT2D eigenvalue weighted by Crippen LogP contribution is 2.38. The fraction of sp³-hybridized carbons (Fsp3) is 0.571. The number of hydrogen-bond acceptors (Lipinski definition) is 3. The molecule has 1 amide bonds. The number of carbonyl (C=O) groups is 1. The quantitative estimate of drug-likeness (QED) is 0.755. The van der Waals surface area contributed by atoms with E-state index in [0.29, 0.717) is 22.5 Å². The van der Waals surface area contributed by atoms with Gasteiger partial charge >= 0.3 is 0 Å². The van der Waals surface area contributed by atoms with Crippen LogP contribution in [0.4, 0.5) is 8.78 Å². The van der Waals surface area contributed by atoms with Gasteiger partial charge in [0.1, 0.15) is 0 Å². The lowest BCUT2D eigenvalue weighted by atomic mass is 9.82. The van der Waals surface area contributed by atoms with Crippen molar-refractivity contribution in [1.82, 2.24) is 9.88 Å². The fourth-order valence-electron chi connectivity index (χ4n) is 4.24. The molecule has 1 aromatic heterocycles. The van der Waals surface area contributed by atoms with Gasteiger partial charge in [-0.05, 0) is 37.8 Å². The number of rotatable bonds is 5. The number of hydrogen-bond donors (Lipinski definition) is 2. The molecule has 5 nitrogen and oxygen atoms in total. The van der Waals surface area contributed by atoms with Crippen LogP contribution in [-0.2, 0) is 11.3 Å². The fourth-order valence-corrected chi connectivity index (χ4v) is 4.51. The lowest BCUT2D eigenvalue weighted by Gasteiger charge is -2.35. The van der Waals surface area contributed by atoms with Crippen molar-refractivity contribution >= 4 is 28.4 Å². The van der Waals surface area contributed by atoms with Crippen LogP contribution in [0.2, 0.25) is 5.02 Å². The third-order valence-corrected chi connectivity index (χ3v) is 6.33. The largest absolute Gasteiger partial charge is 0.388 e. The average Bonchev–Trinajstić information content (AvgIpc) is 3.32. The van der Waals surface area contributed by atoms with Gasteiger partial charge in [0.05, 0.1) is 27.8 Å². The van der Waals surface area contributed by atoms with Crippen LogP contribution in [0, 0.1) is 0 Å². The molecule has 1 saturated carbocycles. The van der Waals surface area contributed by atoms with E-state index in [1.54, 1.807) is 12.3 Å². The zero-order valence-corrected chi connectivity index (χ0v) is 16.9. The molecule has 158 valence electrons. The van der Waals surface area contributed by atoms with Crippen molar-refractivity contribution < 1.29 is 23.4 Å². The summed E-state index contributed by atoms with van der Waals surface area (Å²) in [5.74, 6) is -3.11. The summed E-state index contributed by atoms with van der Waals surface area (Å²) in [7, 11) is 0. The topological polar surface area (TPSA) is 63.5 Å². The molecule has 29 heavy (non-hydrogen) atoms. The van der Waals surface area contributed by atoms with Gasteiger partial charge in [0, 0.05) is 44.1 Å². The number of fused-ring (bicyclic) bond motifs is 1. The van der Waals surface area contributed by atoms with Crippen LogP contribution in [0.15, 0.2) is 24.4 Å². The minimum atomic E-state index is -2.74. The van der Waals surface area contributed by atoms with E-state index in [2.05, 4.69) is 5.32 Å². The van der Waals surface area contributed by atoms with Gasteiger partial charge in [-0.15, -0.1) is 0 Å². The predicted octanol–water partition coefficient (Wildman–Crippen LogP) is 4.14. The van der Waals surface area contributed by atoms with Crippen LogP contribution in [0.25, 0.3) is 10.9 Å². The summed E-state index contributed by atoms with van der Waals surface area (Å²) < 4.78 is 34.4. The minimum absolute atomic E-state index is 0.0399. The van der Waals surface area contributed by atoms with Crippen LogP contribution < -0.4 is 5.32 Å².